The van der Waals surface area contributed by atoms with Crippen LogP contribution in [0.4, 0.5) is 0 Å². The smallest absolute Gasteiger partial charge is 0.255 e. The molecule has 0 saturated carbocycles. The van der Waals surface area contributed by atoms with Crippen LogP contribution in [0.15, 0.2) is 24.4 Å². The van der Waals surface area contributed by atoms with Crippen molar-refractivity contribution in [1.82, 2.24) is 19.7 Å². The van der Waals surface area contributed by atoms with Crippen molar-refractivity contribution in [1.29, 1.82) is 0 Å². The van der Waals surface area contributed by atoms with Crippen LogP contribution in [0.2, 0.25) is 0 Å². The number of likely N-dealkylation sites (tertiary alicyclic amines) is 1. The highest BCUT2D eigenvalue weighted by Crippen LogP contribution is 2.20. The minimum absolute atomic E-state index is 0.0350. The molecule has 1 aliphatic heterocycles. The zero-order valence-corrected chi connectivity index (χ0v) is 14.6. The van der Waals surface area contributed by atoms with Gasteiger partial charge in [-0.25, -0.2) is 9.67 Å². The Morgan fingerprint density at radius 3 is 2.75 bits per heavy atom. The Hall–Kier alpha value is -2.21. The van der Waals surface area contributed by atoms with Crippen molar-refractivity contribution in [3.63, 3.8) is 0 Å². The van der Waals surface area contributed by atoms with Crippen molar-refractivity contribution in [2.75, 3.05) is 13.1 Å². The maximum absolute atomic E-state index is 12.7. The normalized spacial score (nSPS) is 19.3. The second kappa shape index (κ2) is 6.73. The lowest BCUT2D eigenvalue weighted by Gasteiger charge is -2.34. The number of amides is 1. The van der Waals surface area contributed by atoms with Gasteiger partial charge in [0.05, 0.1) is 11.3 Å². The molecule has 2 atom stereocenters. The van der Waals surface area contributed by atoms with E-state index in [1.54, 1.807) is 10.9 Å². The average molecular weight is 327 g/mol. The molecule has 2 N–H and O–H groups in total. The Morgan fingerprint density at radius 1 is 1.38 bits per heavy atom. The number of hydrogen-bond donors (Lipinski definition) is 1. The Kier molecular flexibility index (Phi) is 4.66. The van der Waals surface area contributed by atoms with E-state index in [1.165, 1.54) is 0 Å². The van der Waals surface area contributed by atoms with Gasteiger partial charge in [-0.1, -0.05) is 0 Å². The number of pyridine rings is 1. The fourth-order valence-electron chi connectivity index (χ4n) is 3.30. The Balaban J connectivity index is 1.75. The first-order valence-electron chi connectivity index (χ1n) is 8.50. The molecular weight excluding hydrogens is 302 g/mol. The quantitative estimate of drug-likeness (QED) is 0.936. The summed E-state index contributed by atoms with van der Waals surface area (Å²) in [5, 5.41) is 4.42. The van der Waals surface area contributed by atoms with Gasteiger partial charge < -0.3 is 10.6 Å². The van der Waals surface area contributed by atoms with Gasteiger partial charge >= 0.3 is 0 Å². The fourth-order valence-corrected chi connectivity index (χ4v) is 3.30. The van der Waals surface area contributed by atoms with Crippen LogP contribution in [-0.2, 0) is 0 Å². The summed E-state index contributed by atoms with van der Waals surface area (Å²) < 4.78 is 1.79. The highest BCUT2D eigenvalue weighted by atomic mass is 16.2. The van der Waals surface area contributed by atoms with Crippen molar-refractivity contribution in [2.45, 2.75) is 39.7 Å². The first kappa shape index (κ1) is 16.6. The molecule has 0 aliphatic carbocycles. The number of rotatable bonds is 3. The van der Waals surface area contributed by atoms with E-state index in [9.17, 15) is 4.79 Å². The summed E-state index contributed by atoms with van der Waals surface area (Å²) in [6.45, 7) is 7.48. The number of aryl methyl sites for hydroxylation is 2. The third-order valence-corrected chi connectivity index (χ3v) is 4.71. The molecule has 6 heteroatoms. The standard InChI is InChI=1S/C18H25N5O/c1-12-9-13(2)23(21-12)17-7-6-15(10-20-17)18(24)22-8-4-5-16(11-22)14(3)19/h6-7,9-10,14,16H,4-5,8,11,19H2,1-3H3. The number of carbonyl (C=O) groups is 1. The van der Waals surface area contributed by atoms with Crippen molar-refractivity contribution < 1.29 is 4.79 Å². The van der Waals surface area contributed by atoms with Gasteiger partial charge in [-0.3, -0.25) is 4.79 Å². The van der Waals surface area contributed by atoms with E-state index in [4.69, 9.17) is 5.73 Å². The lowest BCUT2D eigenvalue weighted by molar-refractivity contribution is 0.0660. The van der Waals surface area contributed by atoms with Gasteiger partial charge in [0, 0.05) is 31.0 Å². The predicted octanol–water partition coefficient (Wildman–Crippen LogP) is 2.08. The predicted molar refractivity (Wildman–Crippen MR) is 93.1 cm³/mol. The van der Waals surface area contributed by atoms with Crippen LogP contribution in [0, 0.1) is 19.8 Å². The molecule has 128 valence electrons. The van der Waals surface area contributed by atoms with Crippen LogP contribution >= 0.6 is 0 Å². The summed E-state index contributed by atoms with van der Waals surface area (Å²) in [5.41, 5.74) is 8.60. The molecule has 2 aromatic rings. The van der Waals surface area contributed by atoms with Crippen molar-refractivity contribution in [3.05, 3.63) is 41.3 Å². The molecule has 0 bridgehead atoms. The van der Waals surface area contributed by atoms with Crippen LogP contribution in [0.5, 0.6) is 0 Å². The number of hydrogen-bond acceptors (Lipinski definition) is 4. The molecular formula is C18H25N5O. The number of aromatic nitrogens is 3. The van der Waals surface area contributed by atoms with E-state index in [1.807, 2.05) is 43.9 Å². The molecule has 3 rings (SSSR count). The molecule has 2 aromatic heterocycles. The molecule has 3 heterocycles. The molecule has 1 saturated heterocycles. The van der Waals surface area contributed by atoms with E-state index in [0.29, 0.717) is 11.5 Å². The highest BCUT2D eigenvalue weighted by Gasteiger charge is 2.26. The number of piperidine rings is 1. The molecule has 1 aliphatic rings. The maximum atomic E-state index is 12.7. The van der Waals surface area contributed by atoms with E-state index >= 15 is 0 Å². The van der Waals surface area contributed by atoms with Gasteiger partial charge in [0.25, 0.3) is 5.91 Å². The average Bonchev–Trinajstić information content (AvgIpc) is 2.93. The first-order chi connectivity index (χ1) is 11.5. The second-order valence-electron chi connectivity index (χ2n) is 6.76. The van der Waals surface area contributed by atoms with E-state index < -0.39 is 0 Å². The fraction of sp³-hybridized carbons (Fsp3) is 0.500. The largest absolute Gasteiger partial charge is 0.338 e. The van der Waals surface area contributed by atoms with E-state index in [0.717, 1.165) is 43.1 Å². The van der Waals surface area contributed by atoms with Gasteiger partial charge in [-0.15, -0.1) is 0 Å². The van der Waals surface area contributed by atoms with Crippen LogP contribution in [0.3, 0.4) is 0 Å². The van der Waals surface area contributed by atoms with E-state index in [2.05, 4.69) is 10.1 Å². The number of nitrogens with two attached hydrogens (primary N) is 1. The van der Waals surface area contributed by atoms with Crippen molar-refractivity contribution in [3.8, 4) is 5.82 Å². The topological polar surface area (TPSA) is 77.0 Å². The van der Waals surface area contributed by atoms with Crippen LogP contribution < -0.4 is 5.73 Å². The Morgan fingerprint density at radius 2 is 2.17 bits per heavy atom. The summed E-state index contributed by atoms with van der Waals surface area (Å²) in [7, 11) is 0. The van der Waals surface area contributed by atoms with Gasteiger partial charge in [-0.2, -0.15) is 5.10 Å². The third-order valence-electron chi connectivity index (χ3n) is 4.71. The summed E-state index contributed by atoms with van der Waals surface area (Å²) in [5.74, 6) is 1.14. The van der Waals surface area contributed by atoms with Gasteiger partial charge in [-0.05, 0) is 57.7 Å². The molecule has 2 unspecified atom stereocenters. The van der Waals surface area contributed by atoms with Crippen LogP contribution in [0.1, 0.15) is 41.5 Å². The van der Waals surface area contributed by atoms with Gasteiger partial charge in [0.2, 0.25) is 0 Å². The molecule has 0 aromatic carbocycles. The second-order valence-corrected chi connectivity index (χ2v) is 6.76. The lowest BCUT2D eigenvalue weighted by atomic mass is 9.92. The zero-order chi connectivity index (χ0) is 17.3. The zero-order valence-electron chi connectivity index (χ0n) is 14.6. The monoisotopic (exact) mass is 327 g/mol. The van der Waals surface area contributed by atoms with Crippen molar-refractivity contribution >= 4 is 5.91 Å². The Bertz CT molecular complexity index is 720. The van der Waals surface area contributed by atoms with Crippen molar-refractivity contribution in [2.24, 2.45) is 11.7 Å². The SMILES string of the molecule is Cc1cc(C)n(-c2ccc(C(=O)N3CCCC(C(C)N)C3)cn2)n1. The molecule has 0 radical (unpaired) electrons. The first-order valence-corrected chi connectivity index (χ1v) is 8.50. The molecule has 0 spiro atoms. The van der Waals surface area contributed by atoms with Gasteiger partial charge in [0.1, 0.15) is 0 Å². The maximum Gasteiger partial charge on any atom is 0.255 e. The third kappa shape index (κ3) is 3.33. The van der Waals surface area contributed by atoms with E-state index in [-0.39, 0.29) is 11.9 Å². The number of nitrogens with zero attached hydrogens (tertiary/aromatic N) is 4. The minimum atomic E-state index is 0.0350. The summed E-state index contributed by atoms with van der Waals surface area (Å²) in [6.07, 6.45) is 3.75. The lowest BCUT2D eigenvalue weighted by Crippen LogP contribution is -2.45. The molecule has 1 fully saturated rings. The van der Waals surface area contributed by atoms with Crippen LogP contribution in [0.25, 0.3) is 5.82 Å². The summed E-state index contributed by atoms with van der Waals surface area (Å²) in [4.78, 5) is 19.0. The summed E-state index contributed by atoms with van der Waals surface area (Å²) in [6, 6.07) is 5.80. The van der Waals surface area contributed by atoms with Gasteiger partial charge in [0.15, 0.2) is 5.82 Å². The van der Waals surface area contributed by atoms with Crippen LogP contribution in [-0.4, -0.2) is 44.7 Å². The summed E-state index contributed by atoms with van der Waals surface area (Å²) >= 11 is 0. The molecule has 6 nitrogen and oxygen atoms in total. The molecule has 24 heavy (non-hydrogen) atoms. The minimum Gasteiger partial charge on any atom is -0.338 e. The number of carbonyl (C=O) groups excluding carboxylic acids is 1. The Labute approximate surface area is 142 Å². The molecule has 1 amide bonds. The highest BCUT2D eigenvalue weighted by molar-refractivity contribution is 5.94.